The van der Waals surface area contributed by atoms with E-state index < -0.39 is 5.91 Å². The molecule has 1 aromatic carbocycles. The quantitative estimate of drug-likeness (QED) is 0.439. The lowest BCUT2D eigenvalue weighted by molar-refractivity contribution is -0.480. The van der Waals surface area contributed by atoms with Crippen LogP contribution >= 0.6 is 0 Å². The van der Waals surface area contributed by atoms with Crippen molar-refractivity contribution in [2.45, 2.75) is 6.42 Å². The zero-order chi connectivity index (χ0) is 12.0. The van der Waals surface area contributed by atoms with Crippen LogP contribution in [0.15, 0.2) is 24.3 Å². The molecule has 6 nitrogen and oxygen atoms in total. The maximum atomic E-state index is 10.8. The highest BCUT2D eigenvalue weighted by Crippen LogP contribution is 2.11. The van der Waals surface area contributed by atoms with Gasteiger partial charge < -0.3 is 10.5 Å². The molecule has 6 heteroatoms. The summed E-state index contributed by atoms with van der Waals surface area (Å²) >= 11 is 0. The molecular formula is C10H12N2O4. The van der Waals surface area contributed by atoms with Crippen LogP contribution < -0.4 is 10.5 Å². The minimum Gasteiger partial charge on any atom is -0.493 e. The lowest BCUT2D eigenvalue weighted by atomic mass is 10.2. The highest BCUT2D eigenvalue weighted by atomic mass is 16.6. The van der Waals surface area contributed by atoms with E-state index in [2.05, 4.69) is 0 Å². The molecule has 0 radical (unpaired) electrons. The van der Waals surface area contributed by atoms with Crippen LogP contribution in [-0.4, -0.2) is 24.0 Å². The van der Waals surface area contributed by atoms with Crippen molar-refractivity contribution in [3.05, 3.63) is 39.9 Å². The van der Waals surface area contributed by atoms with Crippen LogP contribution in [0.2, 0.25) is 0 Å². The van der Waals surface area contributed by atoms with Gasteiger partial charge in [0.15, 0.2) is 0 Å². The molecule has 0 heterocycles. The Morgan fingerprint density at radius 2 is 2.00 bits per heavy atom. The average Bonchev–Trinajstić information content (AvgIpc) is 2.25. The van der Waals surface area contributed by atoms with Gasteiger partial charge in [-0.2, -0.15) is 0 Å². The van der Waals surface area contributed by atoms with Crippen LogP contribution in [0, 0.1) is 10.1 Å². The number of hydrogen-bond donors (Lipinski definition) is 1. The first kappa shape index (κ1) is 12.0. The molecule has 0 saturated carbocycles. The Morgan fingerprint density at radius 1 is 1.38 bits per heavy atom. The number of ether oxygens (including phenoxy) is 1. The summed E-state index contributed by atoms with van der Waals surface area (Å²) in [5, 5.41) is 10.0. The molecule has 0 aliphatic carbocycles. The Bertz CT molecular complexity index is 375. The van der Waals surface area contributed by atoms with Gasteiger partial charge in [-0.05, 0) is 24.3 Å². The molecule has 0 spiro atoms. The van der Waals surface area contributed by atoms with Crippen molar-refractivity contribution in [3.63, 3.8) is 0 Å². The van der Waals surface area contributed by atoms with Gasteiger partial charge in [0, 0.05) is 16.9 Å². The fourth-order valence-corrected chi connectivity index (χ4v) is 1.10. The van der Waals surface area contributed by atoms with Gasteiger partial charge in [0.25, 0.3) is 0 Å². The molecular weight excluding hydrogens is 212 g/mol. The number of amides is 1. The van der Waals surface area contributed by atoms with E-state index in [1.54, 1.807) is 24.3 Å². The number of benzene rings is 1. The number of nitro groups is 1. The zero-order valence-electron chi connectivity index (χ0n) is 8.59. The smallest absolute Gasteiger partial charge is 0.248 e. The third-order valence-corrected chi connectivity index (χ3v) is 1.89. The number of primary amides is 1. The minimum atomic E-state index is -0.500. The lowest BCUT2D eigenvalue weighted by Crippen LogP contribution is -2.10. The van der Waals surface area contributed by atoms with Gasteiger partial charge in [-0.25, -0.2) is 0 Å². The normalized spacial score (nSPS) is 9.75. The van der Waals surface area contributed by atoms with E-state index in [-0.39, 0.29) is 18.1 Å². The number of rotatable bonds is 6. The van der Waals surface area contributed by atoms with E-state index in [0.717, 1.165) is 0 Å². The van der Waals surface area contributed by atoms with Crippen LogP contribution in [0.25, 0.3) is 0 Å². The number of carbonyl (C=O) groups is 1. The molecule has 1 aromatic rings. The van der Waals surface area contributed by atoms with Crippen LogP contribution in [0.1, 0.15) is 16.8 Å². The van der Waals surface area contributed by atoms with Gasteiger partial charge in [0.05, 0.1) is 6.61 Å². The Hall–Kier alpha value is -2.11. The molecule has 0 aliphatic heterocycles. The van der Waals surface area contributed by atoms with E-state index in [0.29, 0.717) is 17.7 Å². The summed E-state index contributed by atoms with van der Waals surface area (Å²) in [6.07, 6.45) is 0.352. The predicted octanol–water partition coefficient (Wildman–Crippen LogP) is 0.831. The fraction of sp³-hybridized carbons (Fsp3) is 0.300. The van der Waals surface area contributed by atoms with Gasteiger partial charge in [-0.3, -0.25) is 14.9 Å². The second kappa shape index (κ2) is 5.69. The first-order valence-corrected chi connectivity index (χ1v) is 4.74. The van der Waals surface area contributed by atoms with E-state index >= 15 is 0 Å². The standard InChI is InChI=1S/C10H12N2O4/c11-10(13)8-2-4-9(5-3-8)16-7-1-6-12(14)15/h2-5H,1,6-7H2,(H2,11,13). The SMILES string of the molecule is NC(=O)c1ccc(OCCC[N+](=O)[O-])cc1. The first-order chi connectivity index (χ1) is 7.59. The maximum Gasteiger partial charge on any atom is 0.248 e. The predicted molar refractivity (Wildman–Crippen MR) is 56.9 cm³/mol. The summed E-state index contributed by atoms with van der Waals surface area (Å²) in [6.45, 7) is 0.163. The number of nitrogens with two attached hydrogens (primary N) is 1. The highest BCUT2D eigenvalue weighted by molar-refractivity contribution is 5.92. The zero-order valence-corrected chi connectivity index (χ0v) is 8.59. The van der Waals surface area contributed by atoms with Crippen LogP contribution in [0.3, 0.4) is 0 Å². The van der Waals surface area contributed by atoms with Gasteiger partial charge in [-0.1, -0.05) is 0 Å². The van der Waals surface area contributed by atoms with Crippen molar-refractivity contribution in [1.29, 1.82) is 0 Å². The van der Waals surface area contributed by atoms with Gasteiger partial charge in [-0.15, -0.1) is 0 Å². The van der Waals surface area contributed by atoms with Crippen molar-refractivity contribution >= 4 is 5.91 Å². The second-order valence-corrected chi connectivity index (χ2v) is 3.15. The monoisotopic (exact) mass is 224 g/mol. The fourth-order valence-electron chi connectivity index (χ4n) is 1.10. The summed E-state index contributed by atoms with van der Waals surface area (Å²) in [5.74, 6) is 0.0632. The van der Waals surface area contributed by atoms with Crippen molar-refractivity contribution in [2.24, 2.45) is 5.73 Å². The summed E-state index contributed by atoms with van der Waals surface area (Å²) in [4.78, 5) is 20.4. The molecule has 86 valence electrons. The van der Waals surface area contributed by atoms with Gasteiger partial charge >= 0.3 is 0 Å². The summed E-state index contributed by atoms with van der Waals surface area (Å²) < 4.78 is 5.23. The summed E-state index contributed by atoms with van der Waals surface area (Å²) in [6, 6.07) is 6.30. The number of carbonyl (C=O) groups excluding carboxylic acids is 1. The maximum absolute atomic E-state index is 10.8. The van der Waals surface area contributed by atoms with Crippen molar-refractivity contribution < 1.29 is 14.5 Å². The molecule has 0 fully saturated rings. The third-order valence-electron chi connectivity index (χ3n) is 1.89. The Morgan fingerprint density at radius 3 is 2.50 bits per heavy atom. The Labute approximate surface area is 92.2 Å². The third kappa shape index (κ3) is 3.95. The molecule has 0 bridgehead atoms. The summed E-state index contributed by atoms with van der Waals surface area (Å²) in [5.41, 5.74) is 5.46. The van der Waals surface area contributed by atoms with Crippen LogP contribution in [0.5, 0.6) is 5.75 Å². The number of nitrogens with zero attached hydrogens (tertiary/aromatic N) is 1. The molecule has 0 unspecified atom stereocenters. The molecule has 0 aromatic heterocycles. The molecule has 0 saturated heterocycles. The molecule has 1 amide bonds. The van der Waals surface area contributed by atoms with E-state index in [1.165, 1.54) is 0 Å². The van der Waals surface area contributed by atoms with Gasteiger partial charge in [0.1, 0.15) is 5.75 Å². The summed E-state index contributed by atoms with van der Waals surface area (Å²) in [7, 11) is 0. The lowest BCUT2D eigenvalue weighted by Gasteiger charge is -2.04. The molecule has 2 N–H and O–H groups in total. The van der Waals surface area contributed by atoms with E-state index in [4.69, 9.17) is 10.5 Å². The molecule has 16 heavy (non-hydrogen) atoms. The largest absolute Gasteiger partial charge is 0.493 e. The average molecular weight is 224 g/mol. The topological polar surface area (TPSA) is 95.5 Å². The van der Waals surface area contributed by atoms with Crippen LogP contribution in [-0.2, 0) is 0 Å². The number of hydrogen-bond acceptors (Lipinski definition) is 4. The Balaban J connectivity index is 2.38. The molecule has 0 atom stereocenters. The van der Waals surface area contributed by atoms with E-state index in [9.17, 15) is 14.9 Å². The second-order valence-electron chi connectivity index (χ2n) is 3.15. The van der Waals surface area contributed by atoms with Crippen molar-refractivity contribution in [3.8, 4) is 5.75 Å². The highest BCUT2D eigenvalue weighted by Gasteiger charge is 2.01. The first-order valence-electron chi connectivity index (χ1n) is 4.74. The van der Waals surface area contributed by atoms with Crippen molar-refractivity contribution in [1.82, 2.24) is 0 Å². The minimum absolute atomic E-state index is 0.112. The van der Waals surface area contributed by atoms with Crippen LogP contribution in [0.4, 0.5) is 0 Å². The molecule has 1 rings (SSSR count). The van der Waals surface area contributed by atoms with Crippen molar-refractivity contribution in [2.75, 3.05) is 13.2 Å². The Kier molecular flexibility index (Phi) is 4.26. The van der Waals surface area contributed by atoms with Gasteiger partial charge in [0.2, 0.25) is 12.5 Å². The van der Waals surface area contributed by atoms with E-state index in [1.807, 2.05) is 0 Å². The molecule has 0 aliphatic rings.